The molecule has 1 aliphatic heterocycles. The molecule has 98 valence electrons. The van der Waals surface area contributed by atoms with Gasteiger partial charge in [-0.25, -0.2) is 4.98 Å². The number of nitrogens with zero attached hydrogens (tertiary/aromatic N) is 2. The Morgan fingerprint density at radius 1 is 1.61 bits per heavy atom. The Hall–Kier alpha value is -0.840. The standard InChI is InChI=1S/C12H15Cl2N3O/c1-17-3-2-8(7-17)5-16-12(18)9-4-11(14)15-6-10(9)13/h4,6,8H,2-3,5,7H2,1H3,(H,16,18). The summed E-state index contributed by atoms with van der Waals surface area (Å²) >= 11 is 11.7. The van der Waals surface area contributed by atoms with Crippen LogP contribution in [0.25, 0.3) is 0 Å². The summed E-state index contributed by atoms with van der Waals surface area (Å²) in [5, 5.41) is 3.48. The van der Waals surface area contributed by atoms with E-state index in [4.69, 9.17) is 23.2 Å². The zero-order valence-corrected chi connectivity index (χ0v) is 11.6. The molecule has 0 saturated carbocycles. The molecule has 1 unspecified atom stereocenters. The third-order valence-corrected chi connectivity index (χ3v) is 3.61. The fourth-order valence-corrected chi connectivity index (χ4v) is 2.46. The van der Waals surface area contributed by atoms with Crippen molar-refractivity contribution in [2.75, 3.05) is 26.7 Å². The molecule has 1 N–H and O–H groups in total. The van der Waals surface area contributed by atoms with Crippen LogP contribution in [-0.4, -0.2) is 42.5 Å². The summed E-state index contributed by atoms with van der Waals surface area (Å²) in [6.45, 7) is 2.77. The van der Waals surface area contributed by atoms with Crippen molar-refractivity contribution in [3.8, 4) is 0 Å². The molecule has 2 rings (SSSR count). The molecule has 1 aromatic heterocycles. The first-order valence-electron chi connectivity index (χ1n) is 5.84. The van der Waals surface area contributed by atoms with Gasteiger partial charge in [-0.15, -0.1) is 0 Å². The molecule has 1 amide bonds. The van der Waals surface area contributed by atoms with Crippen molar-refractivity contribution in [2.45, 2.75) is 6.42 Å². The van der Waals surface area contributed by atoms with Crippen LogP contribution in [0.5, 0.6) is 0 Å². The number of pyridine rings is 1. The topological polar surface area (TPSA) is 45.2 Å². The zero-order valence-electron chi connectivity index (χ0n) is 10.1. The van der Waals surface area contributed by atoms with Crippen LogP contribution in [0.4, 0.5) is 0 Å². The molecule has 1 saturated heterocycles. The van der Waals surface area contributed by atoms with E-state index >= 15 is 0 Å². The van der Waals surface area contributed by atoms with Gasteiger partial charge in [0.25, 0.3) is 5.91 Å². The Morgan fingerprint density at radius 2 is 2.39 bits per heavy atom. The fraction of sp³-hybridized carbons (Fsp3) is 0.500. The van der Waals surface area contributed by atoms with Crippen LogP contribution in [-0.2, 0) is 0 Å². The summed E-state index contributed by atoms with van der Waals surface area (Å²) in [6, 6.07) is 1.49. The first kappa shape index (κ1) is 13.6. The number of likely N-dealkylation sites (tertiary alicyclic amines) is 1. The third-order valence-electron chi connectivity index (χ3n) is 3.11. The number of nitrogens with one attached hydrogen (secondary N) is 1. The van der Waals surface area contributed by atoms with Crippen molar-refractivity contribution < 1.29 is 4.79 Å². The normalized spacial score (nSPS) is 20.1. The molecule has 18 heavy (non-hydrogen) atoms. The van der Waals surface area contributed by atoms with Gasteiger partial charge in [0.2, 0.25) is 0 Å². The number of aromatic nitrogens is 1. The summed E-state index contributed by atoms with van der Waals surface area (Å²) in [5.74, 6) is 0.314. The Bertz CT molecular complexity index is 453. The predicted molar refractivity (Wildman–Crippen MR) is 72.2 cm³/mol. The van der Waals surface area contributed by atoms with Gasteiger partial charge in [0.1, 0.15) is 5.15 Å². The first-order valence-corrected chi connectivity index (χ1v) is 6.59. The summed E-state index contributed by atoms with van der Waals surface area (Å²) < 4.78 is 0. The number of hydrogen-bond donors (Lipinski definition) is 1. The van der Waals surface area contributed by atoms with E-state index in [0.29, 0.717) is 23.0 Å². The van der Waals surface area contributed by atoms with E-state index in [2.05, 4.69) is 22.2 Å². The van der Waals surface area contributed by atoms with Gasteiger partial charge in [0.05, 0.1) is 10.6 Å². The van der Waals surface area contributed by atoms with E-state index in [9.17, 15) is 4.79 Å². The van der Waals surface area contributed by atoms with E-state index in [0.717, 1.165) is 19.5 Å². The number of carbonyl (C=O) groups is 1. The smallest absolute Gasteiger partial charge is 0.252 e. The maximum absolute atomic E-state index is 12.0. The summed E-state index contributed by atoms with van der Waals surface area (Å²) in [7, 11) is 2.08. The minimum atomic E-state index is -0.196. The second kappa shape index (κ2) is 5.87. The van der Waals surface area contributed by atoms with Gasteiger partial charge in [-0.2, -0.15) is 0 Å². The molecule has 0 spiro atoms. The predicted octanol–water partition coefficient (Wildman–Crippen LogP) is 2.07. The lowest BCUT2D eigenvalue weighted by atomic mass is 10.1. The van der Waals surface area contributed by atoms with Crippen LogP contribution in [0.3, 0.4) is 0 Å². The van der Waals surface area contributed by atoms with Crippen LogP contribution in [0.1, 0.15) is 16.8 Å². The number of rotatable bonds is 3. The van der Waals surface area contributed by atoms with Gasteiger partial charge >= 0.3 is 0 Å². The van der Waals surface area contributed by atoms with Crippen molar-refractivity contribution in [3.63, 3.8) is 0 Å². The lowest BCUT2D eigenvalue weighted by molar-refractivity contribution is 0.0947. The number of carbonyl (C=O) groups excluding carboxylic acids is 1. The average molecular weight is 288 g/mol. The van der Waals surface area contributed by atoms with Crippen LogP contribution < -0.4 is 5.32 Å². The quantitative estimate of drug-likeness (QED) is 0.866. The number of amides is 1. The molecule has 1 fully saturated rings. The van der Waals surface area contributed by atoms with E-state index in [1.54, 1.807) is 0 Å². The largest absolute Gasteiger partial charge is 0.352 e. The third kappa shape index (κ3) is 3.34. The second-order valence-electron chi connectivity index (χ2n) is 4.61. The SMILES string of the molecule is CN1CCC(CNC(=O)c2cc(Cl)ncc2Cl)C1. The van der Waals surface area contributed by atoms with Crippen molar-refractivity contribution in [3.05, 3.63) is 28.0 Å². The van der Waals surface area contributed by atoms with Crippen molar-refractivity contribution in [1.82, 2.24) is 15.2 Å². The number of hydrogen-bond acceptors (Lipinski definition) is 3. The summed E-state index contributed by atoms with van der Waals surface area (Å²) in [6.07, 6.45) is 2.50. The van der Waals surface area contributed by atoms with Gasteiger partial charge < -0.3 is 10.2 Å². The number of halogens is 2. The van der Waals surface area contributed by atoms with Gasteiger partial charge in [0.15, 0.2) is 0 Å². The van der Waals surface area contributed by atoms with E-state index in [1.165, 1.54) is 12.3 Å². The molecular formula is C12H15Cl2N3O. The van der Waals surface area contributed by atoms with Crippen LogP contribution in [0.2, 0.25) is 10.2 Å². The highest BCUT2D eigenvalue weighted by atomic mass is 35.5. The molecule has 6 heteroatoms. The maximum Gasteiger partial charge on any atom is 0.252 e. The minimum Gasteiger partial charge on any atom is -0.352 e. The van der Waals surface area contributed by atoms with Gasteiger partial charge in [-0.3, -0.25) is 4.79 Å². The zero-order chi connectivity index (χ0) is 13.1. The summed E-state index contributed by atoms with van der Waals surface area (Å²) in [4.78, 5) is 18.0. The highest BCUT2D eigenvalue weighted by molar-refractivity contribution is 6.35. The Balaban J connectivity index is 1.93. The lowest BCUT2D eigenvalue weighted by Crippen LogP contribution is -2.30. The summed E-state index contributed by atoms with van der Waals surface area (Å²) in [5.41, 5.74) is 0.378. The maximum atomic E-state index is 12.0. The Labute approximate surface area is 116 Å². The fourth-order valence-electron chi connectivity index (χ4n) is 2.11. The van der Waals surface area contributed by atoms with E-state index in [1.807, 2.05) is 0 Å². The molecule has 0 aromatic carbocycles. The molecule has 1 atom stereocenters. The Morgan fingerprint density at radius 3 is 3.06 bits per heavy atom. The molecular weight excluding hydrogens is 273 g/mol. The highest BCUT2D eigenvalue weighted by Crippen LogP contribution is 2.18. The average Bonchev–Trinajstić information content (AvgIpc) is 2.75. The molecule has 2 heterocycles. The molecule has 4 nitrogen and oxygen atoms in total. The van der Waals surface area contributed by atoms with Crippen LogP contribution >= 0.6 is 23.2 Å². The van der Waals surface area contributed by atoms with Crippen molar-refractivity contribution in [1.29, 1.82) is 0 Å². The van der Waals surface area contributed by atoms with E-state index in [-0.39, 0.29) is 11.1 Å². The Kier molecular flexibility index (Phi) is 4.43. The van der Waals surface area contributed by atoms with Crippen molar-refractivity contribution in [2.24, 2.45) is 5.92 Å². The van der Waals surface area contributed by atoms with Crippen molar-refractivity contribution >= 4 is 29.1 Å². The van der Waals surface area contributed by atoms with Gasteiger partial charge in [0, 0.05) is 19.3 Å². The second-order valence-corrected chi connectivity index (χ2v) is 5.41. The molecule has 0 radical (unpaired) electrons. The molecule has 1 aliphatic rings. The first-order chi connectivity index (χ1) is 8.56. The highest BCUT2D eigenvalue weighted by Gasteiger charge is 2.20. The van der Waals surface area contributed by atoms with Gasteiger partial charge in [-0.1, -0.05) is 23.2 Å². The molecule has 1 aromatic rings. The van der Waals surface area contributed by atoms with E-state index < -0.39 is 0 Å². The van der Waals surface area contributed by atoms with Gasteiger partial charge in [-0.05, 0) is 32.0 Å². The van der Waals surface area contributed by atoms with Crippen LogP contribution in [0, 0.1) is 5.92 Å². The lowest BCUT2D eigenvalue weighted by Gasteiger charge is -2.12. The molecule has 0 bridgehead atoms. The minimum absolute atomic E-state index is 0.196. The van der Waals surface area contributed by atoms with Crippen LogP contribution in [0.15, 0.2) is 12.3 Å². The monoisotopic (exact) mass is 287 g/mol. The molecule has 0 aliphatic carbocycles.